The van der Waals surface area contributed by atoms with Crippen molar-refractivity contribution in [3.05, 3.63) is 88.1 Å². The van der Waals surface area contributed by atoms with E-state index in [4.69, 9.17) is 9.57 Å². The SMILES string of the molecule is O=C(CO/N=C/c1ccc(OCc2ccccc2)cc1)NCc1cccs1. The van der Waals surface area contributed by atoms with E-state index < -0.39 is 0 Å². The van der Waals surface area contributed by atoms with E-state index in [9.17, 15) is 4.79 Å². The van der Waals surface area contributed by atoms with E-state index in [0.29, 0.717) is 13.2 Å². The Labute approximate surface area is 162 Å². The molecule has 0 saturated carbocycles. The Bertz CT molecular complexity index is 847. The monoisotopic (exact) mass is 380 g/mol. The van der Waals surface area contributed by atoms with Crippen LogP contribution in [0.15, 0.2) is 77.3 Å². The standard InChI is InChI=1S/C21H20N2O3S/c24-21(22-14-20-7-4-12-27-20)16-26-23-13-17-8-10-19(11-9-17)25-15-18-5-2-1-3-6-18/h1-13H,14-16H2,(H,22,24)/b23-13+. The minimum atomic E-state index is -0.204. The van der Waals surface area contributed by atoms with Crippen LogP contribution in [0.25, 0.3) is 0 Å². The molecule has 0 spiro atoms. The van der Waals surface area contributed by atoms with Gasteiger partial charge in [-0.3, -0.25) is 4.79 Å². The van der Waals surface area contributed by atoms with Crippen LogP contribution in [0.4, 0.5) is 0 Å². The van der Waals surface area contributed by atoms with E-state index >= 15 is 0 Å². The van der Waals surface area contributed by atoms with Gasteiger partial charge in [-0.05, 0) is 46.8 Å². The number of hydrogen-bond acceptors (Lipinski definition) is 5. The van der Waals surface area contributed by atoms with Gasteiger partial charge < -0.3 is 14.9 Å². The summed E-state index contributed by atoms with van der Waals surface area (Å²) in [7, 11) is 0. The Hall–Kier alpha value is -3.12. The second-order valence-corrected chi connectivity index (χ2v) is 6.74. The molecule has 0 unspecified atom stereocenters. The number of nitrogens with one attached hydrogen (secondary N) is 1. The van der Waals surface area contributed by atoms with Crippen molar-refractivity contribution in [1.29, 1.82) is 0 Å². The quantitative estimate of drug-likeness (QED) is 0.451. The molecule has 0 bridgehead atoms. The van der Waals surface area contributed by atoms with Crippen molar-refractivity contribution in [3.8, 4) is 5.75 Å². The molecular formula is C21H20N2O3S. The summed E-state index contributed by atoms with van der Waals surface area (Å²) in [6, 6.07) is 21.4. The third-order valence-electron chi connectivity index (χ3n) is 3.64. The molecule has 0 radical (unpaired) electrons. The van der Waals surface area contributed by atoms with Crippen LogP contribution in [0.3, 0.4) is 0 Å². The fourth-order valence-electron chi connectivity index (χ4n) is 2.23. The number of rotatable bonds is 9. The highest BCUT2D eigenvalue weighted by molar-refractivity contribution is 7.09. The molecule has 138 valence electrons. The number of carbonyl (C=O) groups is 1. The molecule has 5 nitrogen and oxygen atoms in total. The average molecular weight is 380 g/mol. The van der Waals surface area contributed by atoms with Crippen molar-refractivity contribution >= 4 is 23.5 Å². The lowest BCUT2D eigenvalue weighted by Crippen LogP contribution is -2.26. The molecular weight excluding hydrogens is 360 g/mol. The largest absolute Gasteiger partial charge is 0.489 e. The van der Waals surface area contributed by atoms with Crippen LogP contribution in [0.5, 0.6) is 5.75 Å². The number of amides is 1. The number of thiophene rings is 1. The van der Waals surface area contributed by atoms with Crippen molar-refractivity contribution in [2.24, 2.45) is 5.16 Å². The van der Waals surface area contributed by atoms with Gasteiger partial charge in [-0.2, -0.15) is 0 Å². The van der Waals surface area contributed by atoms with Gasteiger partial charge in [0.15, 0.2) is 6.61 Å². The summed E-state index contributed by atoms with van der Waals surface area (Å²) in [5, 5.41) is 8.57. The van der Waals surface area contributed by atoms with Crippen molar-refractivity contribution in [2.75, 3.05) is 6.61 Å². The Morgan fingerprint density at radius 3 is 2.59 bits per heavy atom. The first-order valence-corrected chi connectivity index (χ1v) is 9.39. The van der Waals surface area contributed by atoms with Crippen molar-refractivity contribution < 1.29 is 14.4 Å². The molecule has 2 aromatic carbocycles. The van der Waals surface area contributed by atoms with Gasteiger partial charge in [0.25, 0.3) is 5.91 Å². The molecule has 0 fully saturated rings. The average Bonchev–Trinajstić information content (AvgIpc) is 3.23. The van der Waals surface area contributed by atoms with Crippen LogP contribution >= 0.6 is 11.3 Å². The van der Waals surface area contributed by atoms with Crippen LogP contribution in [0, 0.1) is 0 Å². The second kappa shape index (κ2) is 10.1. The van der Waals surface area contributed by atoms with Crippen LogP contribution in [0.1, 0.15) is 16.0 Å². The molecule has 0 atom stereocenters. The minimum Gasteiger partial charge on any atom is -0.489 e. The highest BCUT2D eigenvalue weighted by atomic mass is 32.1. The lowest BCUT2D eigenvalue weighted by molar-refractivity contribution is -0.125. The number of oxime groups is 1. The topological polar surface area (TPSA) is 59.9 Å². The Morgan fingerprint density at radius 2 is 1.85 bits per heavy atom. The maximum absolute atomic E-state index is 11.7. The molecule has 0 saturated heterocycles. The summed E-state index contributed by atoms with van der Waals surface area (Å²) in [6.07, 6.45) is 1.56. The molecule has 0 aliphatic carbocycles. The summed E-state index contributed by atoms with van der Waals surface area (Å²) < 4.78 is 5.73. The van der Waals surface area contributed by atoms with Crippen LogP contribution in [0.2, 0.25) is 0 Å². The molecule has 1 heterocycles. The van der Waals surface area contributed by atoms with Gasteiger partial charge in [0.2, 0.25) is 0 Å². The lowest BCUT2D eigenvalue weighted by atomic mass is 10.2. The normalized spacial score (nSPS) is 10.7. The zero-order valence-electron chi connectivity index (χ0n) is 14.7. The van der Waals surface area contributed by atoms with Gasteiger partial charge in [0, 0.05) is 4.88 Å². The second-order valence-electron chi connectivity index (χ2n) is 5.71. The zero-order valence-corrected chi connectivity index (χ0v) is 15.5. The molecule has 3 rings (SSSR count). The van der Waals surface area contributed by atoms with E-state index in [2.05, 4.69) is 10.5 Å². The van der Waals surface area contributed by atoms with Crippen molar-refractivity contribution in [3.63, 3.8) is 0 Å². The van der Waals surface area contributed by atoms with Crippen molar-refractivity contribution in [2.45, 2.75) is 13.2 Å². The molecule has 3 aromatic rings. The summed E-state index contributed by atoms with van der Waals surface area (Å²) in [6.45, 7) is 0.923. The van der Waals surface area contributed by atoms with Gasteiger partial charge in [0.1, 0.15) is 12.4 Å². The first kappa shape index (κ1) is 18.7. The number of carbonyl (C=O) groups excluding carboxylic acids is 1. The van der Waals surface area contributed by atoms with E-state index in [1.54, 1.807) is 17.6 Å². The van der Waals surface area contributed by atoms with Gasteiger partial charge in [-0.15, -0.1) is 11.3 Å². The van der Waals surface area contributed by atoms with Crippen LogP contribution in [-0.4, -0.2) is 18.7 Å². The zero-order chi connectivity index (χ0) is 18.7. The maximum Gasteiger partial charge on any atom is 0.261 e. The molecule has 0 aliphatic heterocycles. The van der Waals surface area contributed by atoms with Crippen molar-refractivity contribution in [1.82, 2.24) is 5.32 Å². The number of benzene rings is 2. The van der Waals surface area contributed by atoms with Gasteiger partial charge in [0.05, 0.1) is 12.8 Å². The molecule has 6 heteroatoms. The third-order valence-corrected chi connectivity index (χ3v) is 4.52. The third kappa shape index (κ3) is 6.60. The molecule has 1 N–H and O–H groups in total. The Kier molecular flexibility index (Phi) is 7.00. The number of nitrogens with zero attached hydrogens (tertiary/aromatic N) is 1. The molecule has 1 aromatic heterocycles. The highest BCUT2D eigenvalue weighted by Crippen LogP contribution is 2.13. The molecule has 27 heavy (non-hydrogen) atoms. The van der Waals surface area contributed by atoms with E-state index in [1.165, 1.54) is 0 Å². The van der Waals surface area contributed by atoms with E-state index in [0.717, 1.165) is 21.8 Å². The minimum absolute atomic E-state index is 0.111. The Morgan fingerprint density at radius 1 is 1.04 bits per heavy atom. The van der Waals surface area contributed by atoms with Crippen LogP contribution < -0.4 is 10.1 Å². The maximum atomic E-state index is 11.7. The smallest absolute Gasteiger partial charge is 0.261 e. The lowest BCUT2D eigenvalue weighted by Gasteiger charge is -2.06. The summed E-state index contributed by atoms with van der Waals surface area (Å²) >= 11 is 1.60. The predicted molar refractivity (Wildman–Crippen MR) is 107 cm³/mol. The fraction of sp³-hybridized carbons (Fsp3) is 0.143. The summed E-state index contributed by atoms with van der Waals surface area (Å²) in [4.78, 5) is 17.8. The first-order valence-electron chi connectivity index (χ1n) is 8.51. The van der Waals surface area contributed by atoms with E-state index in [-0.39, 0.29) is 12.5 Å². The Balaban J connectivity index is 1.36. The number of ether oxygens (including phenoxy) is 1. The molecule has 1 amide bonds. The molecule has 0 aliphatic rings. The van der Waals surface area contributed by atoms with Gasteiger partial charge in [-0.1, -0.05) is 41.6 Å². The summed E-state index contributed by atoms with van der Waals surface area (Å²) in [5.41, 5.74) is 1.98. The summed E-state index contributed by atoms with van der Waals surface area (Å²) in [5.74, 6) is 0.579. The first-order chi connectivity index (χ1) is 13.3. The predicted octanol–water partition coefficient (Wildman–Crippen LogP) is 3.99. The van der Waals surface area contributed by atoms with Gasteiger partial charge >= 0.3 is 0 Å². The van der Waals surface area contributed by atoms with E-state index in [1.807, 2.05) is 72.1 Å². The fourth-order valence-corrected chi connectivity index (χ4v) is 2.88. The highest BCUT2D eigenvalue weighted by Gasteiger charge is 2.02. The van der Waals surface area contributed by atoms with Crippen LogP contribution in [-0.2, 0) is 22.8 Å². The van der Waals surface area contributed by atoms with Gasteiger partial charge in [-0.25, -0.2) is 0 Å². The number of hydrogen-bond donors (Lipinski definition) is 1.